The van der Waals surface area contributed by atoms with Crippen LogP contribution in [0.3, 0.4) is 0 Å². The van der Waals surface area contributed by atoms with Crippen LogP contribution in [0.15, 0.2) is 18.3 Å². The second kappa shape index (κ2) is 4.64. The maximum Gasteiger partial charge on any atom is 0.411 e. The molecule has 1 heterocycles. The summed E-state index contributed by atoms with van der Waals surface area (Å²) in [6.45, 7) is 0. The largest absolute Gasteiger partial charge is 0.465 e. The van der Waals surface area contributed by atoms with Gasteiger partial charge in [-0.1, -0.05) is 0 Å². The quantitative estimate of drug-likeness (QED) is 0.662. The van der Waals surface area contributed by atoms with Gasteiger partial charge in [0.2, 0.25) is 0 Å². The van der Waals surface area contributed by atoms with Crippen molar-refractivity contribution >= 4 is 22.9 Å². The monoisotopic (exact) mass is 273 g/mol. The van der Waals surface area contributed by atoms with Gasteiger partial charge < -0.3 is 15.4 Å². The van der Waals surface area contributed by atoms with Crippen molar-refractivity contribution in [3.63, 3.8) is 0 Å². The number of aromatic nitrogens is 1. The summed E-state index contributed by atoms with van der Waals surface area (Å²) in [5.74, 6) is -0.571. The highest BCUT2D eigenvalue weighted by molar-refractivity contribution is 6.07. The molecule has 0 aliphatic heterocycles. The highest BCUT2D eigenvalue weighted by Gasteiger charge is 2.25. The molecule has 0 spiro atoms. The average Bonchev–Trinajstić information content (AvgIpc) is 2.82. The summed E-state index contributed by atoms with van der Waals surface area (Å²) < 4.78 is 0. The lowest BCUT2D eigenvalue weighted by Gasteiger charge is -2.23. The van der Waals surface area contributed by atoms with Crippen molar-refractivity contribution in [3.8, 4) is 0 Å². The molecule has 6 nitrogen and oxygen atoms in total. The number of H-pyrrole nitrogens is 1. The molecule has 1 aliphatic carbocycles. The van der Waals surface area contributed by atoms with E-state index in [1.165, 1.54) is 0 Å². The molecule has 2 aromatic rings. The van der Waals surface area contributed by atoms with E-state index in [1.54, 1.807) is 6.07 Å². The molecule has 0 saturated heterocycles. The van der Waals surface area contributed by atoms with Gasteiger partial charge in [0.05, 0.1) is 0 Å². The third-order valence-corrected chi connectivity index (χ3v) is 3.83. The van der Waals surface area contributed by atoms with Crippen LogP contribution in [0.25, 0.3) is 10.9 Å². The van der Waals surface area contributed by atoms with Crippen LogP contribution in [0.4, 0.5) is 4.79 Å². The Morgan fingerprint density at radius 3 is 2.85 bits per heavy atom. The second-order valence-corrected chi connectivity index (χ2v) is 4.98. The van der Waals surface area contributed by atoms with Crippen LogP contribution in [0, 0.1) is 0 Å². The molecular weight excluding hydrogens is 258 g/mol. The van der Waals surface area contributed by atoms with Gasteiger partial charge in [0.15, 0.2) is 0 Å². The lowest BCUT2D eigenvalue weighted by molar-refractivity contribution is 0.0947. The van der Waals surface area contributed by atoms with E-state index in [9.17, 15) is 9.59 Å². The number of carbonyl (C=O) groups is 2. The summed E-state index contributed by atoms with van der Waals surface area (Å²) in [7, 11) is 1.89. The maximum atomic E-state index is 12.0. The Labute approximate surface area is 115 Å². The van der Waals surface area contributed by atoms with Crippen LogP contribution in [-0.2, 0) is 12.8 Å². The number of hydrogen-bond acceptors (Lipinski definition) is 3. The maximum absolute atomic E-state index is 12.0. The first-order valence-electron chi connectivity index (χ1n) is 6.43. The van der Waals surface area contributed by atoms with Crippen molar-refractivity contribution in [3.05, 3.63) is 35.0 Å². The number of likely N-dealkylation sites (N-methyl/N-ethyl adjacent to an activating group) is 1. The number of benzene rings is 1. The van der Waals surface area contributed by atoms with Gasteiger partial charge in [0.25, 0.3) is 5.91 Å². The number of carbonyl (C=O) groups excluding carboxylic acids is 1. The fourth-order valence-electron chi connectivity index (χ4n) is 2.91. The predicted molar refractivity (Wildman–Crippen MR) is 74.0 cm³/mol. The topological polar surface area (TPSA) is 94.2 Å². The van der Waals surface area contributed by atoms with Crippen LogP contribution < -0.4 is 10.6 Å². The normalized spacial score (nSPS) is 17.1. The lowest BCUT2D eigenvalue weighted by Crippen LogP contribution is -2.34. The minimum atomic E-state index is -1.34. The predicted octanol–water partition coefficient (Wildman–Crippen LogP) is 1.26. The lowest BCUT2D eigenvalue weighted by atomic mass is 9.86. The summed E-state index contributed by atoms with van der Waals surface area (Å²) in [4.78, 5) is 25.9. The Hall–Kier alpha value is -2.34. The molecule has 0 bridgehead atoms. The molecule has 0 radical (unpaired) electrons. The molecule has 104 valence electrons. The van der Waals surface area contributed by atoms with Gasteiger partial charge in [-0.05, 0) is 43.1 Å². The van der Waals surface area contributed by atoms with Crippen molar-refractivity contribution < 1.29 is 14.7 Å². The minimum absolute atomic E-state index is 0.250. The van der Waals surface area contributed by atoms with E-state index in [0.29, 0.717) is 12.0 Å². The summed E-state index contributed by atoms with van der Waals surface area (Å²) in [6.07, 6.45) is 2.23. The molecule has 0 saturated carbocycles. The SMILES string of the molecule is CNC1Cc2c[nH]c3ccc(C(=O)NC(=O)O)c(c23)C1. The zero-order valence-corrected chi connectivity index (χ0v) is 11.0. The number of carboxylic acid groups (broad SMARTS) is 1. The van der Waals surface area contributed by atoms with E-state index in [1.807, 2.05) is 24.6 Å². The van der Waals surface area contributed by atoms with Crippen molar-refractivity contribution in [1.82, 2.24) is 15.6 Å². The smallest absolute Gasteiger partial charge is 0.411 e. The first-order valence-corrected chi connectivity index (χ1v) is 6.43. The number of amides is 2. The zero-order valence-electron chi connectivity index (χ0n) is 11.0. The molecule has 0 fully saturated rings. The molecule has 1 aliphatic rings. The van der Waals surface area contributed by atoms with Crippen molar-refractivity contribution in [2.24, 2.45) is 0 Å². The second-order valence-electron chi connectivity index (χ2n) is 4.98. The number of rotatable bonds is 2. The molecule has 3 rings (SSSR count). The zero-order chi connectivity index (χ0) is 14.3. The van der Waals surface area contributed by atoms with Crippen LogP contribution >= 0.6 is 0 Å². The fourth-order valence-corrected chi connectivity index (χ4v) is 2.91. The summed E-state index contributed by atoms with van der Waals surface area (Å²) >= 11 is 0. The summed E-state index contributed by atoms with van der Waals surface area (Å²) in [6, 6.07) is 3.74. The standard InChI is InChI=1S/C14H15N3O3/c1-15-8-4-7-6-16-11-3-2-9(10(5-8)12(7)11)13(18)17-14(19)20/h2-3,6,8,15-16H,4-5H2,1H3,(H,17,18)(H,19,20). The Balaban J connectivity index is 2.13. The van der Waals surface area contributed by atoms with Gasteiger partial charge in [0, 0.05) is 28.7 Å². The highest BCUT2D eigenvalue weighted by atomic mass is 16.4. The third kappa shape index (κ3) is 1.94. The molecule has 2 amide bonds. The van der Waals surface area contributed by atoms with E-state index in [2.05, 4.69) is 10.3 Å². The van der Waals surface area contributed by atoms with Gasteiger partial charge in [-0.3, -0.25) is 10.1 Å². The number of aromatic amines is 1. The van der Waals surface area contributed by atoms with E-state index in [4.69, 9.17) is 5.11 Å². The molecule has 6 heteroatoms. The van der Waals surface area contributed by atoms with E-state index < -0.39 is 12.0 Å². The summed E-state index contributed by atoms with van der Waals surface area (Å²) in [5.41, 5.74) is 3.48. The number of nitrogens with one attached hydrogen (secondary N) is 3. The molecule has 1 atom stereocenters. The Morgan fingerprint density at radius 1 is 1.35 bits per heavy atom. The van der Waals surface area contributed by atoms with Crippen LogP contribution in [0.2, 0.25) is 0 Å². The van der Waals surface area contributed by atoms with Gasteiger partial charge in [-0.15, -0.1) is 0 Å². The minimum Gasteiger partial charge on any atom is -0.465 e. The van der Waals surface area contributed by atoms with Gasteiger partial charge in [-0.25, -0.2) is 4.79 Å². The first kappa shape index (κ1) is 12.7. The van der Waals surface area contributed by atoms with Crippen molar-refractivity contribution in [2.75, 3.05) is 7.05 Å². The van der Waals surface area contributed by atoms with Gasteiger partial charge in [-0.2, -0.15) is 0 Å². The Kier molecular flexibility index (Phi) is 2.94. The first-order chi connectivity index (χ1) is 9.60. The third-order valence-electron chi connectivity index (χ3n) is 3.83. The number of imide groups is 1. The van der Waals surface area contributed by atoms with Crippen molar-refractivity contribution in [2.45, 2.75) is 18.9 Å². The van der Waals surface area contributed by atoms with Crippen LogP contribution in [0.1, 0.15) is 21.5 Å². The van der Waals surface area contributed by atoms with Gasteiger partial charge >= 0.3 is 6.09 Å². The molecule has 1 unspecified atom stereocenters. The average molecular weight is 273 g/mol. The molecule has 20 heavy (non-hydrogen) atoms. The van der Waals surface area contributed by atoms with Gasteiger partial charge in [0.1, 0.15) is 0 Å². The van der Waals surface area contributed by atoms with Crippen molar-refractivity contribution in [1.29, 1.82) is 0 Å². The molecule has 4 N–H and O–H groups in total. The highest BCUT2D eigenvalue weighted by Crippen LogP contribution is 2.32. The Morgan fingerprint density at radius 2 is 2.15 bits per heavy atom. The van der Waals surface area contributed by atoms with Crippen LogP contribution in [-0.4, -0.2) is 35.2 Å². The van der Waals surface area contributed by atoms with E-state index in [0.717, 1.165) is 28.5 Å². The fraction of sp³-hybridized carbons (Fsp3) is 0.286. The molecular formula is C14H15N3O3. The van der Waals surface area contributed by atoms with E-state index >= 15 is 0 Å². The summed E-state index contributed by atoms with van der Waals surface area (Å²) in [5, 5.41) is 14.9. The molecule has 1 aromatic carbocycles. The van der Waals surface area contributed by atoms with E-state index in [-0.39, 0.29) is 6.04 Å². The van der Waals surface area contributed by atoms with Crippen LogP contribution in [0.5, 0.6) is 0 Å². The Bertz CT molecular complexity index is 705. The number of hydrogen-bond donors (Lipinski definition) is 4. The molecule has 1 aromatic heterocycles.